The van der Waals surface area contributed by atoms with Gasteiger partial charge in [0.05, 0.1) is 24.1 Å². The molecule has 0 aliphatic rings. The molecule has 0 fully saturated rings. The summed E-state index contributed by atoms with van der Waals surface area (Å²) < 4.78 is 15.6. The lowest BCUT2D eigenvalue weighted by Gasteiger charge is -2.26. The SMILES string of the molecule is Cn1cccc1[C@@](C#N)(CC#N)c1cccc(F)c1C#N. The van der Waals surface area contributed by atoms with Crippen molar-refractivity contribution >= 4 is 0 Å². The van der Waals surface area contributed by atoms with Crippen LogP contribution in [0, 0.1) is 39.8 Å². The molecule has 5 heteroatoms. The Balaban J connectivity index is 2.84. The molecule has 0 amide bonds. The highest BCUT2D eigenvalue weighted by Gasteiger charge is 2.39. The standard InChI is InChI=1S/C16H11FN4/c1-21-9-3-6-15(21)16(11-20,7-8-18)13-4-2-5-14(17)12(13)10-19/h2-6,9H,7H2,1H3/t16-/m1/s1. The summed E-state index contributed by atoms with van der Waals surface area (Å²) in [4.78, 5) is 0. The summed E-state index contributed by atoms with van der Waals surface area (Å²) in [6.45, 7) is 0. The predicted octanol–water partition coefficient (Wildman–Crippen LogP) is 2.76. The summed E-state index contributed by atoms with van der Waals surface area (Å²) in [5.41, 5.74) is -0.805. The van der Waals surface area contributed by atoms with Crippen molar-refractivity contribution in [3.63, 3.8) is 0 Å². The van der Waals surface area contributed by atoms with Crippen LogP contribution < -0.4 is 0 Å². The van der Waals surface area contributed by atoms with E-state index in [1.165, 1.54) is 18.2 Å². The van der Waals surface area contributed by atoms with Gasteiger partial charge in [-0.2, -0.15) is 15.8 Å². The van der Waals surface area contributed by atoms with Crippen LogP contribution in [0.2, 0.25) is 0 Å². The quantitative estimate of drug-likeness (QED) is 0.866. The average Bonchev–Trinajstić information content (AvgIpc) is 2.91. The third kappa shape index (κ3) is 2.14. The van der Waals surface area contributed by atoms with Crippen molar-refractivity contribution in [2.45, 2.75) is 11.8 Å². The van der Waals surface area contributed by atoms with E-state index in [1.54, 1.807) is 36.0 Å². The van der Waals surface area contributed by atoms with Crippen LogP contribution in [-0.2, 0) is 12.5 Å². The van der Waals surface area contributed by atoms with Gasteiger partial charge < -0.3 is 4.57 Å². The first kappa shape index (κ1) is 14.3. The topological polar surface area (TPSA) is 76.3 Å². The Morgan fingerprint density at radius 1 is 1.19 bits per heavy atom. The van der Waals surface area contributed by atoms with Gasteiger partial charge in [0.15, 0.2) is 0 Å². The van der Waals surface area contributed by atoms with E-state index in [9.17, 15) is 14.9 Å². The highest BCUT2D eigenvalue weighted by atomic mass is 19.1. The molecule has 102 valence electrons. The molecule has 0 aliphatic heterocycles. The Morgan fingerprint density at radius 3 is 2.48 bits per heavy atom. The molecule has 1 atom stereocenters. The van der Waals surface area contributed by atoms with Crippen molar-refractivity contribution in [1.29, 1.82) is 15.8 Å². The molecule has 0 unspecified atom stereocenters. The van der Waals surface area contributed by atoms with Crippen LogP contribution in [0.5, 0.6) is 0 Å². The van der Waals surface area contributed by atoms with E-state index in [1.807, 2.05) is 6.07 Å². The molecule has 1 aromatic carbocycles. The van der Waals surface area contributed by atoms with Gasteiger partial charge in [-0.15, -0.1) is 0 Å². The second-order valence-corrected chi connectivity index (χ2v) is 4.63. The first-order valence-corrected chi connectivity index (χ1v) is 6.20. The van der Waals surface area contributed by atoms with E-state index in [-0.39, 0.29) is 17.5 Å². The van der Waals surface area contributed by atoms with Gasteiger partial charge in [0.25, 0.3) is 0 Å². The number of aromatic nitrogens is 1. The lowest BCUT2D eigenvalue weighted by atomic mass is 9.74. The number of hydrogen-bond acceptors (Lipinski definition) is 3. The van der Waals surface area contributed by atoms with Crippen LogP contribution in [0.4, 0.5) is 4.39 Å². The minimum atomic E-state index is -1.37. The first-order chi connectivity index (χ1) is 10.1. The van der Waals surface area contributed by atoms with E-state index in [0.29, 0.717) is 5.69 Å². The number of benzene rings is 1. The van der Waals surface area contributed by atoms with Gasteiger partial charge >= 0.3 is 0 Å². The maximum absolute atomic E-state index is 13.9. The van der Waals surface area contributed by atoms with E-state index in [4.69, 9.17) is 5.26 Å². The molecular formula is C16H11FN4. The Morgan fingerprint density at radius 2 is 1.95 bits per heavy atom. The van der Waals surface area contributed by atoms with Crippen LogP contribution in [-0.4, -0.2) is 4.57 Å². The summed E-state index contributed by atoms with van der Waals surface area (Å²) in [6.07, 6.45) is 1.57. The van der Waals surface area contributed by atoms with Gasteiger partial charge in [0.1, 0.15) is 17.3 Å². The van der Waals surface area contributed by atoms with Crippen LogP contribution in [0.25, 0.3) is 0 Å². The Labute approximate surface area is 121 Å². The second-order valence-electron chi connectivity index (χ2n) is 4.63. The molecule has 0 spiro atoms. The largest absolute Gasteiger partial charge is 0.353 e. The van der Waals surface area contributed by atoms with Crippen LogP contribution in [0.3, 0.4) is 0 Å². The van der Waals surface area contributed by atoms with Crippen LogP contribution in [0.1, 0.15) is 23.2 Å². The fourth-order valence-electron chi connectivity index (χ4n) is 2.50. The third-order valence-electron chi connectivity index (χ3n) is 3.50. The molecule has 21 heavy (non-hydrogen) atoms. The van der Waals surface area contributed by atoms with Crippen LogP contribution in [0.15, 0.2) is 36.5 Å². The minimum Gasteiger partial charge on any atom is -0.353 e. The molecule has 2 aromatic rings. The fourth-order valence-corrected chi connectivity index (χ4v) is 2.50. The van der Waals surface area contributed by atoms with Crippen molar-refractivity contribution in [3.05, 3.63) is 59.2 Å². The van der Waals surface area contributed by atoms with Crippen molar-refractivity contribution < 1.29 is 4.39 Å². The smallest absolute Gasteiger partial charge is 0.141 e. The van der Waals surface area contributed by atoms with Gasteiger partial charge in [0.2, 0.25) is 0 Å². The Bertz CT molecular complexity index is 801. The maximum Gasteiger partial charge on any atom is 0.141 e. The molecule has 0 saturated heterocycles. The van der Waals surface area contributed by atoms with E-state index in [2.05, 4.69) is 6.07 Å². The monoisotopic (exact) mass is 278 g/mol. The number of hydrogen-bond donors (Lipinski definition) is 0. The second kappa shape index (κ2) is 5.49. The zero-order valence-corrected chi connectivity index (χ0v) is 11.3. The predicted molar refractivity (Wildman–Crippen MR) is 73.2 cm³/mol. The van der Waals surface area contributed by atoms with Crippen molar-refractivity contribution in [2.75, 3.05) is 0 Å². The average molecular weight is 278 g/mol. The zero-order valence-electron chi connectivity index (χ0n) is 11.3. The number of aryl methyl sites for hydroxylation is 1. The van der Waals surface area contributed by atoms with Gasteiger partial charge in [-0.1, -0.05) is 12.1 Å². The number of nitrogens with zero attached hydrogens (tertiary/aromatic N) is 4. The Hall–Kier alpha value is -3.10. The summed E-state index contributed by atoms with van der Waals surface area (Å²) >= 11 is 0. The van der Waals surface area contributed by atoms with Crippen molar-refractivity contribution in [1.82, 2.24) is 4.57 Å². The molecule has 4 nitrogen and oxygen atoms in total. The maximum atomic E-state index is 13.9. The van der Waals surface area contributed by atoms with E-state index in [0.717, 1.165) is 0 Å². The molecule has 0 aliphatic carbocycles. The van der Waals surface area contributed by atoms with E-state index < -0.39 is 11.2 Å². The molecule has 0 radical (unpaired) electrons. The zero-order chi connectivity index (χ0) is 15.5. The summed E-state index contributed by atoms with van der Waals surface area (Å²) in [6, 6.07) is 13.5. The first-order valence-electron chi connectivity index (χ1n) is 6.20. The Kier molecular flexibility index (Phi) is 3.74. The number of rotatable bonds is 3. The molecule has 1 aromatic heterocycles. The van der Waals surface area contributed by atoms with Crippen LogP contribution >= 0.6 is 0 Å². The molecule has 2 rings (SSSR count). The van der Waals surface area contributed by atoms with Crippen molar-refractivity contribution in [3.8, 4) is 18.2 Å². The lowest BCUT2D eigenvalue weighted by molar-refractivity contribution is 0.588. The highest BCUT2D eigenvalue weighted by Crippen LogP contribution is 2.37. The molecule has 0 bridgehead atoms. The van der Waals surface area contributed by atoms with E-state index >= 15 is 0 Å². The molecule has 0 N–H and O–H groups in total. The highest BCUT2D eigenvalue weighted by molar-refractivity contribution is 5.53. The third-order valence-corrected chi connectivity index (χ3v) is 3.50. The van der Waals surface area contributed by atoms with Gasteiger partial charge in [-0.25, -0.2) is 4.39 Å². The lowest BCUT2D eigenvalue weighted by Crippen LogP contribution is -2.29. The molecule has 1 heterocycles. The van der Waals surface area contributed by atoms with Gasteiger partial charge in [-0.3, -0.25) is 0 Å². The normalized spacial score (nSPS) is 12.7. The molecular weight excluding hydrogens is 267 g/mol. The summed E-state index contributed by atoms with van der Waals surface area (Å²) in [5, 5.41) is 28.1. The summed E-state index contributed by atoms with van der Waals surface area (Å²) in [5.74, 6) is -0.693. The summed E-state index contributed by atoms with van der Waals surface area (Å²) in [7, 11) is 1.74. The minimum absolute atomic E-state index is 0.167. The number of halogens is 1. The van der Waals surface area contributed by atoms with Crippen molar-refractivity contribution in [2.24, 2.45) is 7.05 Å². The molecule has 0 saturated carbocycles. The van der Waals surface area contributed by atoms with Gasteiger partial charge in [-0.05, 0) is 23.8 Å². The number of nitriles is 3. The fraction of sp³-hybridized carbons (Fsp3) is 0.188. The van der Waals surface area contributed by atoms with Gasteiger partial charge in [0, 0.05) is 18.9 Å².